The van der Waals surface area contributed by atoms with E-state index in [1.807, 2.05) is 6.92 Å². The molecule has 1 N–H and O–H groups in total. The number of hydrogen-bond acceptors (Lipinski definition) is 5. The minimum atomic E-state index is -2.92. The Morgan fingerprint density at radius 3 is 2.62 bits per heavy atom. The van der Waals surface area contributed by atoms with Crippen LogP contribution < -0.4 is 0 Å². The molecule has 0 aromatic heterocycles. The van der Waals surface area contributed by atoms with E-state index in [2.05, 4.69) is 0 Å². The molecule has 0 aromatic carbocycles. The molecule has 1 amide bonds. The molecule has 2 fully saturated rings. The summed E-state index contributed by atoms with van der Waals surface area (Å²) in [6, 6.07) is 0. The highest BCUT2D eigenvalue weighted by Gasteiger charge is 2.44. The van der Waals surface area contributed by atoms with Gasteiger partial charge in [-0.1, -0.05) is 6.92 Å². The second kappa shape index (κ2) is 6.16. The molecule has 0 radical (unpaired) electrons. The number of thioether (sulfide) groups is 1. The van der Waals surface area contributed by atoms with Crippen LogP contribution in [-0.4, -0.2) is 65.9 Å². The molecule has 2 aliphatic heterocycles. The normalized spacial score (nSPS) is 31.5. The number of nitrogens with zero attached hydrogens (tertiary/aromatic N) is 1. The van der Waals surface area contributed by atoms with Gasteiger partial charge in [-0.15, -0.1) is 11.8 Å². The molecule has 21 heavy (non-hydrogen) atoms. The van der Waals surface area contributed by atoms with Crippen LogP contribution in [0, 0.1) is 5.41 Å². The second-order valence-electron chi connectivity index (χ2n) is 5.84. The van der Waals surface area contributed by atoms with E-state index in [0.29, 0.717) is 25.8 Å². The van der Waals surface area contributed by atoms with E-state index in [9.17, 15) is 23.1 Å². The van der Waals surface area contributed by atoms with Crippen molar-refractivity contribution in [1.29, 1.82) is 0 Å². The van der Waals surface area contributed by atoms with E-state index in [4.69, 9.17) is 0 Å². The average molecular weight is 335 g/mol. The first-order valence-electron chi connectivity index (χ1n) is 7.11. The van der Waals surface area contributed by atoms with Gasteiger partial charge in [-0.3, -0.25) is 9.59 Å². The summed E-state index contributed by atoms with van der Waals surface area (Å²) >= 11 is 1.38. The van der Waals surface area contributed by atoms with E-state index in [1.54, 1.807) is 4.90 Å². The van der Waals surface area contributed by atoms with Crippen molar-refractivity contribution in [2.24, 2.45) is 5.41 Å². The molecule has 0 saturated carbocycles. The monoisotopic (exact) mass is 335 g/mol. The predicted octanol–water partition coefficient (Wildman–Crippen LogP) is 0.620. The Labute approximate surface area is 129 Å². The first-order chi connectivity index (χ1) is 9.78. The topological polar surface area (TPSA) is 91.8 Å². The number of carbonyl (C=O) groups is 2. The summed E-state index contributed by atoms with van der Waals surface area (Å²) in [5.74, 6) is -0.324. The van der Waals surface area contributed by atoms with E-state index >= 15 is 0 Å². The van der Waals surface area contributed by atoms with Gasteiger partial charge in [0.1, 0.15) is 0 Å². The molecule has 0 aliphatic carbocycles. The van der Waals surface area contributed by atoms with Crippen LogP contribution in [0.4, 0.5) is 0 Å². The number of likely N-dealkylation sites (tertiary alicyclic amines) is 1. The molecule has 6 nitrogen and oxygen atoms in total. The highest BCUT2D eigenvalue weighted by Crippen LogP contribution is 2.34. The molecule has 2 atom stereocenters. The van der Waals surface area contributed by atoms with E-state index in [-0.39, 0.29) is 35.0 Å². The Hall–Kier alpha value is -0.760. The maximum absolute atomic E-state index is 12.2. The van der Waals surface area contributed by atoms with Crippen LogP contribution in [0.1, 0.15) is 26.2 Å². The summed E-state index contributed by atoms with van der Waals surface area (Å²) in [5.41, 5.74) is -0.809. The van der Waals surface area contributed by atoms with Crippen molar-refractivity contribution in [2.45, 2.75) is 31.4 Å². The van der Waals surface area contributed by atoms with E-state index in [1.165, 1.54) is 11.8 Å². The van der Waals surface area contributed by atoms with Crippen LogP contribution in [0.3, 0.4) is 0 Å². The Morgan fingerprint density at radius 1 is 1.43 bits per heavy atom. The highest BCUT2D eigenvalue weighted by molar-refractivity contribution is 8.02. The molecule has 0 aromatic rings. The lowest BCUT2D eigenvalue weighted by Gasteiger charge is -2.23. The van der Waals surface area contributed by atoms with Crippen LogP contribution in [-0.2, 0) is 19.4 Å². The van der Waals surface area contributed by atoms with E-state index in [0.717, 1.165) is 0 Å². The standard InChI is InChI=1S/C13H21NO5S2/c1-2-13(12(16)17)4-5-14(9-13)11(15)7-20-10-3-6-21(18,19)8-10/h10H,2-9H2,1H3,(H,16,17). The van der Waals surface area contributed by atoms with Crippen molar-refractivity contribution in [3.05, 3.63) is 0 Å². The number of carboxylic acid groups (broad SMARTS) is 1. The zero-order valence-corrected chi connectivity index (χ0v) is 13.7. The fraction of sp³-hybridized carbons (Fsp3) is 0.846. The van der Waals surface area contributed by atoms with Crippen LogP contribution >= 0.6 is 11.8 Å². The maximum atomic E-state index is 12.2. The number of aliphatic carboxylic acids is 1. The number of hydrogen-bond donors (Lipinski definition) is 1. The third-order valence-electron chi connectivity index (χ3n) is 4.47. The lowest BCUT2D eigenvalue weighted by molar-refractivity contribution is -0.148. The smallest absolute Gasteiger partial charge is 0.311 e. The Kier molecular flexibility index (Phi) is 4.87. The average Bonchev–Trinajstić information content (AvgIpc) is 3.00. The van der Waals surface area contributed by atoms with Crippen LogP contribution in [0.2, 0.25) is 0 Å². The summed E-state index contributed by atoms with van der Waals surface area (Å²) < 4.78 is 22.7. The zero-order chi connectivity index (χ0) is 15.7. The number of rotatable bonds is 5. The van der Waals surface area contributed by atoms with Crippen molar-refractivity contribution < 1.29 is 23.1 Å². The van der Waals surface area contributed by atoms with Gasteiger partial charge in [-0.25, -0.2) is 8.42 Å². The number of sulfone groups is 1. The van der Waals surface area contributed by atoms with Gasteiger partial charge < -0.3 is 10.0 Å². The van der Waals surface area contributed by atoms with Gasteiger partial charge in [-0.05, 0) is 19.3 Å². The van der Waals surface area contributed by atoms with Crippen LogP contribution in [0.5, 0.6) is 0 Å². The Morgan fingerprint density at radius 2 is 2.14 bits per heavy atom. The van der Waals surface area contributed by atoms with Gasteiger partial charge in [0.2, 0.25) is 5.91 Å². The van der Waals surface area contributed by atoms with Crippen molar-refractivity contribution in [3.63, 3.8) is 0 Å². The summed E-state index contributed by atoms with van der Waals surface area (Å²) in [5, 5.41) is 9.31. The Balaban J connectivity index is 1.84. The zero-order valence-electron chi connectivity index (χ0n) is 12.1. The number of carbonyl (C=O) groups excluding carboxylic acids is 1. The predicted molar refractivity (Wildman–Crippen MR) is 81.1 cm³/mol. The minimum absolute atomic E-state index is 0.00282. The molecule has 2 heterocycles. The number of amides is 1. The largest absolute Gasteiger partial charge is 0.481 e. The second-order valence-corrected chi connectivity index (χ2v) is 9.36. The molecule has 2 aliphatic rings. The van der Waals surface area contributed by atoms with Crippen molar-refractivity contribution in [3.8, 4) is 0 Å². The van der Waals surface area contributed by atoms with Gasteiger partial charge in [0.05, 0.1) is 22.7 Å². The quantitative estimate of drug-likeness (QED) is 0.792. The molecule has 2 unspecified atom stereocenters. The van der Waals surface area contributed by atoms with Gasteiger partial charge in [0.25, 0.3) is 0 Å². The minimum Gasteiger partial charge on any atom is -0.481 e. The maximum Gasteiger partial charge on any atom is 0.311 e. The van der Waals surface area contributed by atoms with Crippen LogP contribution in [0.15, 0.2) is 0 Å². The molecule has 8 heteroatoms. The summed E-state index contributed by atoms with van der Waals surface area (Å²) in [6.45, 7) is 2.57. The highest BCUT2D eigenvalue weighted by atomic mass is 32.2. The summed E-state index contributed by atoms with van der Waals surface area (Å²) in [4.78, 5) is 25.1. The third-order valence-corrected chi connectivity index (χ3v) is 7.74. The molecular weight excluding hydrogens is 314 g/mol. The van der Waals surface area contributed by atoms with Gasteiger partial charge in [0, 0.05) is 18.3 Å². The van der Waals surface area contributed by atoms with Gasteiger partial charge >= 0.3 is 5.97 Å². The molecule has 120 valence electrons. The lowest BCUT2D eigenvalue weighted by atomic mass is 9.84. The molecule has 0 spiro atoms. The summed E-state index contributed by atoms with van der Waals surface area (Å²) in [6.07, 6.45) is 1.61. The fourth-order valence-electron chi connectivity index (χ4n) is 2.87. The molecule has 2 rings (SSSR count). The third kappa shape index (κ3) is 3.71. The Bertz CT molecular complexity index is 533. The van der Waals surface area contributed by atoms with Crippen molar-refractivity contribution in [1.82, 2.24) is 4.90 Å². The first kappa shape index (κ1) is 16.6. The molecule has 0 bridgehead atoms. The molecule has 2 saturated heterocycles. The SMILES string of the molecule is CCC1(C(=O)O)CCN(C(=O)CSC2CCS(=O)(=O)C2)C1. The fourth-order valence-corrected chi connectivity index (χ4v) is 6.42. The van der Waals surface area contributed by atoms with Gasteiger partial charge in [-0.2, -0.15) is 0 Å². The first-order valence-corrected chi connectivity index (χ1v) is 9.98. The van der Waals surface area contributed by atoms with Crippen molar-refractivity contribution >= 4 is 33.5 Å². The van der Waals surface area contributed by atoms with E-state index < -0.39 is 21.2 Å². The molecular formula is C13H21NO5S2. The van der Waals surface area contributed by atoms with Crippen molar-refractivity contribution in [2.75, 3.05) is 30.3 Å². The summed E-state index contributed by atoms with van der Waals surface area (Å²) in [7, 11) is -2.92. The van der Waals surface area contributed by atoms with Crippen LogP contribution in [0.25, 0.3) is 0 Å². The lowest BCUT2D eigenvalue weighted by Crippen LogP contribution is -2.37. The number of carboxylic acids is 1. The van der Waals surface area contributed by atoms with Gasteiger partial charge in [0.15, 0.2) is 9.84 Å².